The molecule has 0 aliphatic carbocycles. The van der Waals surface area contributed by atoms with Crippen LogP contribution in [-0.4, -0.2) is 74.3 Å². The molecule has 0 aromatic carbocycles. The van der Waals surface area contributed by atoms with Gasteiger partial charge < -0.3 is 19.4 Å². The molecular formula is C72H132N2O7P+. The first-order valence-corrected chi connectivity index (χ1v) is 35.9. The van der Waals surface area contributed by atoms with Crippen molar-refractivity contribution in [1.82, 2.24) is 5.32 Å². The molecule has 2 N–H and O–H groups in total. The lowest BCUT2D eigenvalue weighted by molar-refractivity contribution is -0.870. The maximum Gasteiger partial charge on any atom is 0.472 e. The summed E-state index contributed by atoms with van der Waals surface area (Å²) in [6.07, 6.45) is 81.8. The lowest BCUT2D eigenvalue weighted by atomic mass is 10.0. The van der Waals surface area contributed by atoms with Crippen LogP contribution in [0.2, 0.25) is 0 Å². The van der Waals surface area contributed by atoms with Gasteiger partial charge in [0, 0.05) is 12.8 Å². The van der Waals surface area contributed by atoms with Crippen LogP contribution >= 0.6 is 7.82 Å². The van der Waals surface area contributed by atoms with Gasteiger partial charge in [-0.1, -0.05) is 280 Å². The standard InChI is InChI=1S/C72H131N2O7P/c1-7-10-13-16-19-22-25-28-30-32-33-34-35-36-37-38-39-40-41-43-45-47-50-53-56-59-62-65-72(76)81-70(63-60-57-54-51-48-27-24-21-18-15-12-9-3)69(68-80-82(77,78)79-67-66-74(4,5)6)73-71(75)64-61-58-55-52-49-46-44-42-31-29-26-23-20-17-14-11-8-2/h19-20,22-23,28-31,44,46,52,55,60,63,69-70H,7-18,21,24-27,32-43,45,47-51,53-54,56-59,61-62,64-68H2,1-6H3,(H-,73,75,77,78)/p+1/b22-19-,23-20-,30-28-,31-29-,46-44-,55-52-,63-60-. The number of esters is 1. The van der Waals surface area contributed by atoms with Crippen molar-refractivity contribution in [2.45, 2.75) is 322 Å². The van der Waals surface area contributed by atoms with E-state index in [9.17, 15) is 19.0 Å². The number of ether oxygens (including phenoxy) is 1. The highest BCUT2D eigenvalue weighted by molar-refractivity contribution is 7.47. The van der Waals surface area contributed by atoms with Gasteiger partial charge in [-0.3, -0.25) is 18.6 Å². The van der Waals surface area contributed by atoms with Crippen LogP contribution in [0.4, 0.5) is 0 Å². The largest absolute Gasteiger partial charge is 0.472 e. The molecule has 9 nitrogen and oxygen atoms in total. The normalized spacial score (nSPS) is 14.1. The molecule has 3 atom stereocenters. The number of hydrogen-bond donors (Lipinski definition) is 2. The van der Waals surface area contributed by atoms with Crippen LogP contribution in [0.25, 0.3) is 0 Å². The van der Waals surface area contributed by atoms with E-state index in [1.54, 1.807) is 0 Å². The van der Waals surface area contributed by atoms with E-state index < -0.39 is 20.0 Å². The molecule has 0 fully saturated rings. The second-order valence-electron chi connectivity index (χ2n) is 24.3. The van der Waals surface area contributed by atoms with Crippen LogP contribution in [0, 0.1) is 0 Å². The first-order valence-electron chi connectivity index (χ1n) is 34.4. The summed E-state index contributed by atoms with van der Waals surface area (Å²) in [6.45, 7) is 6.94. The highest BCUT2D eigenvalue weighted by Gasteiger charge is 2.30. The second-order valence-corrected chi connectivity index (χ2v) is 25.8. The van der Waals surface area contributed by atoms with Gasteiger partial charge in [-0.15, -0.1) is 0 Å². The topological polar surface area (TPSA) is 111 Å². The quantitative estimate of drug-likeness (QED) is 0.0205. The third kappa shape index (κ3) is 61.7. The molecule has 0 aliphatic heterocycles. The molecule has 0 aliphatic rings. The highest BCUT2D eigenvalue weighted by atomic mass is 31.2. The molecular weight excluding hydrogens is 1040 g/mol. The maximum absolute atomic E-state index is 13.5. The van der Waals surface area contributed by atoms with Crippen molar-refractivity contribution in [2.75, 3.05) is 40.9 Å². The fraction of sp³-hybridized carbons (Fsp3) is 0.778. The number of phosphoric acid groups is 1. The van der Waals surface area contributed by atoms with Crippen molar-refractivity contribution in [1.29, 1.82) is 0 Å². The summed E-state index contributed by atoms with van der Waals surface area (Å²) in [4.78, 5) is 37.8. The third-order valence-corrected chi connectivity index (χ3v) is 16.0. The fourth-order valence-electron chi connectivity index (χ4n) is 9.73. The summed E-state index contributed by atoms with van der Waals surface area (Å²) in [6, 6.07) is -0.880. The number of carbonyl (C=O) groups is 2. The van der Waals surface area contributed by atoms with Gasteiger partial charge in [0.1, 0.15) is 19.3 Å². The summed E-state index contributed by atoms with van der Waals surface area (Å²) in [5.41, 5.74) is 0. The number of hydrogen-bond acceptors (Lipinski definition) is 6. The van der Waals surface area contributed by atoms with Gasteiger partial charge in [0.25, 0.3) is 0 Å². The minimum atomic E-state index is -4.47. The van der Waals surface area contributed by atoms with E-state index >= 15 is 0 Å². The Morgan fingerprint density at radius 3 is 1.16 bits per heavy atom. The van der Waals surface area contributed by atoms with Gasteiger partial charge in [0.05, 0.1) is 33.8 Å². The van der Waals surface area contributed by atoms with Gasteiger partial charge in [0.2, 0.25) is 5.91 Å². The number of nitrogens with one attached hydrogen (secondary N) is 1. The Kier molecular flexibility index (Phi) is 59.2. The Balaban J connectivity index is 5.09. The summed E-state index contributed by atoms with van der Waals surface area (Å²) < 4.78 is 30.7. The number of amides is 1. The lowest BCUT2D eigenvalue weighted by Crippen LogP contribution is -2.47. The minimum Gasteiger partial charge on any atom is -0.456 e. The zero-order valence-electron chi connectivity index (χ0n) is 54.5. The molecule has 0 saturated heterocycles. The van der Waals surface area contributed by atoms with E-state index in [1.165, 1.54) is 199 Å². The van der Waals surface area contributed by atoms with Gasteiger partial charge in [-0.05, 0) is 102 Å². The SMILES string of the molecule is CCCCC/C=C\C/C=C\C/C=C\C/C=C\CCCC(=O)NC(COP(=O)(O)OCC[N+](C)(C)C)C(/C=C\CCCCCCCCCCCC)OC(=O)CCCCCCCCCCCCCCCCCCC/C=C\C/C=C\CCCCC. The highest BCUT2D eigenvalue weighted by Crippen LogP contribution is 2.43. The lowest BCUT2D eigenvalue weighted by Gasteiger charge is -2.27. The number of quaternary nitrogens is 1. The zero-order valence-corrected chi connectivity index (χ0v) is 55.4. The van der Waals surface area contributed by atoms with E-state index in [0.717, 1.165) is 70.6 Å². The van der Waals surface area contributed by atoms with E-state index in [2.05, 4.69) is 99.0 Å². The first kappa shape index (κ1) is 79.2. The maximum atomic E-state index is 13.5. The number of rotatable bonds is 62. The molecule has 0 saturated carbocycles. The number of unbranched alkanes of at least 4 members (excludes halogenated alkanes) is 34. The van der Waals surface area contributed by atoms with Gasteiger partial charge in [0.15, 0.2) is 0 Å². The summed E-state index contributed by atoms with van der Waals surface area (Å²) in [5, 5.41) is 3.03. The molecule has 82 heavy (non-hydrogen) atoms. The Labute approximate surface area is 507 Å². The molecule has 0 radical (unpaired) electrons. The van der Waals surface area contributed by atoms with Crippen LogP contribution in [0.3, 0.4) is 0 Å². The van der Waals surface area contributed by atoms with Gasteiger partial charge in [-0.25, -0.2) is 4.57 Å². The van der Waals surface area contributed by atoms with Crippen LogP contribution in [0.15, 0.2) is 85.1 Å². The van der Waals surface area contributed by atoms with E-state index in [-0.39, 0.29) is 37.9 Å². The molecule has 0 spiro atoms. The van der Waals surface area contributed by atoms with Crippen LogP contribution in [-0.2, 0) is 27.9 Å². The van der Waals surface area contributed by atoms with Gasteiger partial charge in [-0.2, -0.15) is 0 Å². The van der Waals surface area contributed by atoms with Crippen molar-refractivity contribution in [3.63, 3.8) is 0 Å². The number of likely N-dealkylation sites (N-methyl/N-ethyl adjacent to an activating group) is 1. The van der Waals surface area contributed by atoms with Crippen molar-refractivity contribution < 1.29 is 37.3 Å². The number of carbonyl (C=O) groups excluding carboxylic acids is 2. The fourth-order valence-corrected chi connectivity index (χ4v) is 10.5. The molecule has 476 valence electrons. The molecule has 0 aromatic heterocycles. The summed E-state index contributed by atoms with van der Waals surface area (Å²) >= 11 is 0. The zero-order chi connectivity index (χ0) is 60.0. The van der Waals surface area contributed by atoms with E-state index in [1.807, 2.05) is 33.3 Å². The van der Waals surface area contributed by atoms with E-state index in [0.29, 0.717) is 17.4 Å². The Morgan fingerprint density at radius 1 is 0.427 bits per heavy atom. The average molecular weight is 1170 g/mol. The van der Waals surface area contributed by atoms with Crippen molar-refractivity contribution in [3.8, 4) is 0 Å². The van der Waals surface area contributed by atoms with Crippen LogP contribution in [0.5, 0.6) is 0 Å². The Morgan fingerprint density at radius 2 is 0.756 bits per heavy atom. The number of allylic oxidation sites excluding steroid dienone is 13. The minimum absolute atomic E-state index is 0.0283. The molecule has 10 heteroatoms. The average Bonchev–Trinajstić information content (AvgIpc) is 3.44. The van der Waals surface area contributed by atoms with Crippen LogP contribution < -0.4 is 5.32 Å². The molecule has 0 rings (SSSR count). The summed E-state index contributed by atoms with van der Waals surface area (Å²) in [5.74, 6) is -0.565. The monoisotopic (exact) mass is 1170 g/mol. The molecule has 3 unspecified atom stereocenters. The molecule has 1 amide bonds. The first-order chi connectivity index (χ1) is 39.9. The number of phosphoric ester groups is 1. The Bertz CT molecular complexity index is 1680. The molecule has 0 heterocycles. The number of nitrogens with zero attached hydrogens (tertiary/aromatic N) is 1. The molecule has 0 bridgehead atoms. The van der Waals surface area contributed by atoms with Crippen molar-refractivity contribution in [3.05, 3.63) is 85.1 Å². The second kappa shape index (κ2) is 61.3. The van der Waals surface area contributed by atoms with Crippen molar-refractivity contribution >= 4 is 19.7 Å². The predicted octanol–water partition coefficient (Wildman–Crippen LogP) is 21.7. The van der Waals surface area contributed by atoms with Crippen LogP contribution in [0.1, 0.15) is 310 Å². The van der Waals surface area contributed by atoms with Gasteiger partial charge >= 0.3 is 13.8 Å². The van der Waals surface area contributed by atoms with Crippen molar-refractivity contribution in [2.24, 2.45) is 0 Å². The summed E-state index contributed by atoms with van der Waals surface area (Å²) in [7, 11) is 1.46. The third-order valence-electron chi connectivity index (χ3n) is 15.1. The van der Waals surface area contributed by atoms with E-state index in [4.69, 9.17) is 13.8 Å². The Hall–Kier alpha value is -2.81. The smallest absolute Gasteiger partial charge is 0.456 e. The molecule has 0 aromatic rings. The predicted molar refractivity (Wildman–Crippen MR) is 355 cm³/mol.